The first-order valence-corrected chi connectivity index (χ1v) is 8.72. The van der Waals surface area contributed by atoms with Crippen LogP contribution in [0.1, 0.15) is 18.9 Å². The summed E-state index contributed by atoms with van der Waals surface area (Å²) in [7, 11) is 0. The maximum atomic E-state index is 12.9. The fourth-order valence-corrected chi connectivity index (χ4v) is 3.82. The molecule has 6 heteroatoms. The molecule has 132 valence electrons. The Morgan fingerprint density at radius 3 is 3.12 bits per heavy atom. The van der Waals surface area contributed by atoms with Crippen molar-refractivity contribution in [3.8, 4) is 0 Å². The number of aromatic nitrogens is 1. The molecule has 1 aromatic heterocycles. The third-order valence-electron chi connectivity index (χ3n) is 4.85. The summed E-state index contributed by atoms with van der Waals surface area (Å²) in [6, 6.07) is 7.83. The SMILES string of the molecule is Cc1cc(NC(=O)N2C[C@@H](C)O[C@@]3(CCOC3)C2)c2ncccc2c1. The molecule has 0 saturated carbocycles. The number of pyridine rings is 1. The maximum Gasteiger partial charge on any atom is 0.322 e. The van der Waals surface area contributed by atoms with Crippen LogP contribution in [0.25, 0.3) is 10.9 Å². The van der Waals surface area contributed by atoms with Crippen molar-refractivity contribution >= 4 is 22.6 Å². The highest BCUT2D eigenvalue weighted by atomic mass is 16.6. The topological polar surface area (TPSA) is 63.7 Å². The van der Waals surface area contributed by atoms with E-state index in [1.807, 2.05) is 36.9 Å². The van der Waals surface area contributed by atoms with Gasteiger partial charge in [0.15, 0.2) is 0 Å². The van der Waals surface area contributed by atoms with E-state index in [1.165, 1.54) is 0 Å². The molecule has 2 fully saturated rings. The normalized spacial score (nSPS) is 26.3. The van der Waals surface area contributed by atoms with Crippen LogP contribution in [0.2, 0.25) is 0 Å². The van der Waals surface area contributed by atoms with Crippen molar-refractivity contribution in [2.75, 3.05) is 31.6 Å². The van der Waals surface area contributed by atoms with E-state index in [-0.39, 0.29) is 17.7 Å². The van der Waals surface area contributed by atoms with Gasteiger partial charge in [0, 0.05) is 31.2 Å². The lowest BCUT2D eigenvalue weighted by Gasteiger charge is -2.42. The third kappa shape index (κ3) is 3.19. The minimum atomic E-state index is -0.359. The molecule has 2 amide bonds. The fourth-order valence-electron chi connectivity index (χ4n) is 3.82. The predicted octanol–water partition coefficient (Wildman–Crippen LogP) is 2.95. The van der Waals surface area contributed by atoms with Crippen LogP contribution >= 0.6 is 0 Å². The molecular weight excluding hydrogens is 318 g/mol. The number of morpholine rings is 1. The molecule has 6 nitrogen and oxygen atoms in total. The van der Waals surface area contributed by atoms with Gasteiger partial charge in [-0.05, 0) is 37.6 Å². The largest absolute Gasteiger partial charge is 0.378 e. The number of carbonyl (C=O) groups excluding carboxylic acids is 1. The van der Waals surface area contributed by atoms with Crippen molar-refractivity contribution < 1.29 is 14.3 Å². The van der Waals surface area contributed by atoms with Crippen LogP contribution in [0.15, 0.2) is 30.5 Å². The quantitative estimate of drug-likeness (QED) is 0.866. The summed E-state index contributed by atoms with van der Waals surface area (Å²) in [5.41, 5.74) is 2.28. The Bertz CT molecular complexity index is 802. The zero-order chi connectivity index (χ0) is 17.4. The van der Waals surface area contributed by atoms with Gasteiger partial charge in [0.25, 0.3) is 0 Å². The highest BCUT2D eigenvalue weighted by Crippen LogP contribution is 2.31. The molecule has 0 unspecified atom stereocenters. The van der Waals surface area contributed by atoms with Crippen molar-refractivity contribution in [3.63, 3.8) is 0 Å². The average Bonchev–Trinajstić information content (AvgIpc) is 3.01. The summed E-state index contributed by atoms with van der Waals surface area (Å²) < 4.78 is 11.6. The number of amides is 2. The summed E-state index contributed by atoms with van der Waals surface area (Å²) in [5.74, 6) is 0. The monoisotopic (exact) mass is 341 g/mol. The Kier molecular flexibility index (Phi) is 4.09. The summed E-state index contributed by atoms with van der Waals surface area (Å²) in [6.07, 6.45) is 2.57. The zero-order valence-electron chi connectivity index (χ0n) is 14.6. The molecule has 0 bridgehead atoms. The molecule has 1 N–H and O–H groups in total. The van der Waals surface area contributed by atoms with Crippen LogP contribution in [0.3, 0.4) is 0 Å². The first-order chi connectivity index (χ1) is 12.0. The average molecular weight is 341 g/mol. The van der Waals surface area contributed by atoms with Crippen molar-refractivity contribution in [1.29, 1.82) is 0 Å². The number of fused-ring (bicyclic) bond motifs is 1. The minimum Gasteiger partial charge on any atom is -0.378 e. The van der Waals surface area contributed by atoms with Gasteiger partial charge in [-0.1, -0.05) is 6.07 Å². The van der Waals surface area contributed by atoms with Gasteiger partial charge in [-0.25, -0.2) is 4.79 Å². The first-order valence-electron chi connectivity index (χ1n) is 8.72. The lowest BCUT2D eigenvalue weighted by Crippen LogP contribution is -2.57. The number of carbonyl (C=O) groups is 1. The van der Waals surface area contributed by atoms with E-state index in [4.69, 9.17) is 9.47 Å². The second-order valence-electron chi connectivity index (χ2n) is 7.11. The second kappa shape index (κ2) is 6.28. The van der Waals surface area contributed by atoms with Crippen LogP contribution in [0.5, 0.6) is 0 Å². The number of nitrogens with one attached hydrogen (secondary N) is 1. The number of rotatable bonds is 1. The smallest absolute Gasteiger partial charge is 0.322 e. The number of hydrogen-bond acceptors (Lipinski definition) is 4. The second-order valence-corrected chi connectivity index (χ2v) is 7.11. The van der Waals surface area contributed by atoms with Gasteiger partial charge < -0.3 is 19.7 Å². The summed E-state index contributed by atoms with van der Waals surface area (Å²) >= 11 is 0. The van der Waals surface area contributed by atoms with Gasteiger partial charge in [-0.2, -0.15) is 0 Å². The van der Waals surface area contributed by atoms with Gasteiger partial charge >= 0.3 is 6.03 Å². The predicted molar refractivity (Wildman–Crippen MR) is 95.8 cm³/mol. The van der Waals surface area contributed by atoms with Crippen LogP contribution in [-0.4, -0.2) is 53.9 Å². The minimum absolute atomic E-state index is 0.00595. The Morgan fingerprint density at radius 1 is 1.44 bits per heavy atom. The Hall–Kier alpha value is -2.18. The van der Waals surface area contributed by atoms with Gasteiger partial charge in [0.1, 0.15) is 5.60 Å². The van der Waals surface area contributed by atoms with E-state index in [2.05, 4.69) is 16.4 Å². The molecule has 25 heavy (non-hydrogen) atoms. The van der Waals surface area contributed by atoms with Crippen molar-refractivity contribution in [2.45, 2.75) is 32.0 Å². The van der Waals surface area contributed by atoms with E-state index in [1.54, 1.807) is 6.20 Å². The van der Waals surface area contributed by atoms with E-state index in [0.717, 1.165) is 28.6 Å². The molecule has 2 atom stereocenters. The van der Waals surface area contributed by atoms with Crippen molar-refractivity contribution in [3.05, 3.63) is 36.0 Å². The van der Waals surface area contributed by atoms with Crippen LogP contribution in [0, 0.1) is 6.92 Å². The molecule has 3 heterocycles. The van der Waals surface area contributed by atoms with Crippen molar-refractivity contribution in [2.24, 2.45) is 0 Å². The summed E-state index contributed by atoms with van der Waals surface area (Å²) in [4.78, 5) is 19.2. The van der Waals surface area contributed by atoms with Gasteiger partial charge in [-0.3, -0.25) is 4.98 Å². The molecular formula is C19H23N3O3. The number of ether oxygens (including phenoxy) is 2. The van der Waals surface area contributed by atoms with E-state index in [0.29, 0.717) is 26.3 Å². The number of urea groups is 1. The third-order valence-corrected chi connectivity index (χ3v) is 4.85. The number of anilines is 1. The van der Waals surface area contributed by atoms with Gasteiger partial charge in [0.05, 0.1) is 30.5 Å². The number of benzene rings is 1. The Labute approximate surface area is 147 Å². The maximum absolute atomic E-state index is 12.9. The molecule has 4 rings (SSSR count). The van der Waals surface area contributed by atoms with Crippen LogP contribution in [-0.2, 0) is 9.47 Å². The molecule has 0 aliphatic carbocycles. The molecule has 1 spiro atoms. The molecule has 2 aliphatic rings. The molecule has 2 saturated heterocycles. The van der Waals surface area contributed by atoms with E-state index < -0.39 is 0 Å². The van der Waals surface area contributed by atoms with Gasteiger partial charge in [-0.15, -0.1) is 0 Å². The summed E-state index contributed by atoms with van der Waals surface area (Å²) in [5, 5.41) is 4.07. The molecule has 0 radical (unpaired) electrons. The van der Waals surface area contributed by atoms with E-state index in [9.17, 15) is 4.79 Å². The Morgan fingerprint density at radius 2 is 2.32 bits per heavy atom. The number of aryl methyl sites for hydroxylation is 1. The number of nitrogens with zero attached hydrogens (tertiary/aromatic N) is 2. The first kappa shape index (κ1) is 16.3. The van der Waals surface area contributed by atoms with Crippen LogP contribution in [0.4, 0.5) is 10.5 Å². The number of hydrogen-bond donors (Lipinski definition) is 1. The fraction of sp³-hybridized carbons (Fsp3) is 0.474. The lowest BCUT2D eigenvalue weighted by molar-refractivity contribution is -0.136. The Balaban J connectivity index is 1.58. The highest BCUT2D eigenvalue weighted by Gasteiger charge is 2.44. The standard InChI is InChI=1S/C19H23N3O3/c1-13-8-15-4-3-6-20-17(15)16(9-13)21-18(23)22-10-14(2)25-19(11-22)5-7-24-12-19/h3-4,6,8-9,14H,5,7,10-12H2,1-2H3,(H,21,23)/t14-,19+/m1/s1. The molecule has 2 aliphatic heterocycles. The van der Waals surface area contributed by atoms with E-state index >= 15 is 0 Å². The summed E-state index contributed by atoms with van der Waals surface area (Å²) in [6.45, 7) is 6.39. The van der Waals surface area contributed by atoms with Crippen LogP contribution < -0.4 is 5.32 Å². The zero-order valence-corrected chi connectivity index (χ0v) is 14.6. The highest BCUT2D eigenvalue weighted by molar-refractivity contribution is 6.00. The lowest BCUT2D eigenvalue weighted by atomic mass is 9.99. The van der Waals surface area contributed by atoms with Crippen molar-refractivity contribution in [1.82, 2.24) is 9.88 Å². The van der Waals surface area contributed by atoms with Gasteiger partial charge in [0.2, 0.25) is 0 Å². The molecule has 1 aromatic carbocycles. The molecule has 2 aromatic rings.